The summed E-state index contributed by atoms with van der Waals surface area (Å²) in [7, 11) is -0.618. The van der Waals surface area contributed by atoms with Crippen molar-refractivity contribution >= 4 is 37.1 Å². The van der Waals surface area contributed by atoms with Crippen LogP contribution in [0, 0.1) is 0 Å². The molecule has 0 amide bonds. The molecule has 0 saturated carbocycles. The van der Waals surface area contributed by atoms with Crippen molar-refractivity contribution in [2.75, 3.05) is 12.3 Å². The van der Waals surface area contributed by atoms with Crippen LogP contribution in [0.3, 0.4) is 0 Å². The van der Waals surface area contributed by atoms with Gasteiger partial charge in [-0.3, -0.25) is 4.98 Å². The number of aromatic nitrogens is 1. The van der Waals surface area contributed by atoms with Gasteiger partial charge in [-0.15, -0.1) is 0 Å². The summed E-state index contributed by atoms with van der Waals surface area (Å²) in [6.45, 7) is 0.529. The fraction of sp³-hybridized carbons (Fsp3) is 0.121. The molecule has 0 aliphatic rings. The summed E-state index contributed by atoms with van der Waals surface area (Å²) < 4.78 is 0. The second-order valence-electron chi connectivity index (χ2n) is 8.52. The zero-order valence-electron chi connectivity index (χ0n) is 22.2. The fourth-order valence-corrected chi connectivity index (χ4v) is 9.11. The molecule has 5 aromatic rings. The molecule has 1 aromatic heterocycles. The number of hydrogen-bond donors (Lipinski definition) is 1. The van der Waals surface area contributed by atoms with Gasteiger partial charge in [-0.1, -0.05) is 127 Å². The number of hydrogen-bond acceptors (Lipinski definition) is 2. The van der Waals surface area contributed by atoms with Crippen molar-refractivity contribution < 1.29 is 44.3 Å². The van der Waals surface area contributed by atoms with Crippen LogP contribution in [0.4, 0.5) is 0 Å². The molecule has 1 heterocycles. The van der Waals surface area contributed by atoms with Crippen LogP contribution >= 0.6 is 15.8 Å². The largest absolute Gasteiger partial charge is 2.00 e. The van der Waals surface area contributed by atoms with E-state index in [2.05, 4.69) is 126 Å². The molecule has 0 aliphatic heterocycles. The fourth-order valence-electron chi connectivity index (χ4n) is 4.15. The zero-order chi connectivity index (χ0) is 25.5. The van der Waals surface area contributed by atoms with Crippen LogP contribution < -0.4 is 51.8 Å². The molecule has 40 heavy (non-hydrogen) atoms. The Morgan fingerprint density at radius 3 is 1.05 bits per heavy atom. The van der Waals surface area contributed by atoms with Crippen molar-refractivity contribution in [1.82, 2.24) is 4.98 Å². The normalized spacial score (nSPS) is 9.88. The first kappa shape index (κ1) is 36.1. The molecular formula is C33H34Cl2N2P2Ru. The maximum absolute atomic E-state index is 5.29. The standard InChI is InChI=1S/C27H26P2.C6H8N2.2ClH.Ru/c1-5-14-24(15-6-1)28(25-16-7-2-8-17-25)22-13-23-29(26-18-9-3-10-19-26)27-20-11-4-12-21-27;7-5-6-3-1-2-4-8-6;;;/h1-12,14-21H,13,22-23H2;1-4H,5,7H2;2*1H;/q;;;;+2/p-2. The third-order valence-corrected chi connectivity index (χ3v) is 11.2. The molecule has 5 rings (SSSR count). The van der Waals surface area contributed by atoms with Gasteiger partial charge in [0.15, 0.2) is 0 Å². The predicted molar refractivity (Wildman–Crippen MR) is 165 cm³/mol. The van der Waals surface area contributed by atoms with Gasteiger partial charge in [-0.25, -0.2) is 0 Å². The number of pyridine rings is 1. The number of halogens is 2. The molecule has 7 heteroatoms. The molecule has 2 nitrogen and oxygen atoms in total. The number of nitrogens with zero attached hydrogens (tertiary/aromatic N) is 1. The predicted octanol–water partition coefficient (Wildman–Crippen LogP) is 0.188. The zero-order valence-corrected chi connectivity index (χ0v) is 27.3. The maximum atomic E-state index is 5.29. The van der Waals surface area contributed by atoms with Gasteiger partial charge in [0.05, 0.1) is 5.69 Å². The third-order valence-electron chi connectivity index (χ3n) is 5.97. The third kappa shape index (κ3) is 11.5. The second kappa shape index (κ2) is 20.9. The Morgan fingerprint density at radius 1 is 0.475 bits per heavy atom. The van der Waals surface area contributed by atoms with Gasteiger partial charge in [0.2, 0.25) is 0 Å². The van der Waals surface area contributed by atoms with Crippen molar-refractivity contribution in [3.8, 4) is 0 Å². The van der Waals surface area contributed by atoms with E-state index in [1.807, 2.05) is 18.2 Å². The molecule has 4 aromatic carbocycles. The van der Waals surface area contributed by atoms with E-state index in [1.54, 1.807) is 6.20 Å². The number of rotatable bonds is 9. The van der Waals surface area contributed by atoms with E-state index in [1.165, 1.54) is 40.0 Å². The van der Waals surface area contributed by atoms with E-state index < -0.39 is 0 Å². The maximum Gasteiger partial charge on any atom is 2.00 e. The second-order valence-corrected chi connectivity index (χ2v) is 13.2. The first-order valence-electron chi connectivity index (χ1n) is 12.7. The Bertz CT molecular complexity index is 1120. The van der Waals surface area contributed by atoms with E-state index >= 15 is 0 Å². The van der Waals surface area contributed by atoms with Gasteiger partial charge in [0.1, 0.15) is 0 Å². The molecule has 0 spiro atoms. The van der Waals surface area contributed by atoms with Crippen molar-refractivity contribution in [2.24, 2.45) is 5.73 Å². The minimum Gasteiger partial charge on any atom is -1.00 e. The first-order valence-corrected chi connectivity index (χ1v) is 15.8. The molecule has 2 N–H and O–H groups in total. The summed E-state index contributed by atoms with van der Waals surface area (Å²) in [5.41, 5.74) is 6.22. The van der Waals surface area contributed by atoms with Crippen molar-refractivity contribution in [3.63, 3.8) is 0 Å². The summed E-state index contributed by atoms with van der Waals surface area (Å²) in [5.74, 6) is 0. The van der Waals surface area contributed by atoms with Crippen LogP contribution in [0.15, 0.2) is 146 Å². The molecule has 0 atom stereocenters. The monoisotopic (exact) mass is 692 g/mol. The van der Waals surface area contributed by atoms with Crippen LogP contribution in [0.5, 0.6) is 0 Å². The molecule has 208 valence electrons. The van der Waals surface area contributed by atoms with Gasteiger partial charge in [-0.05, 0) is 67.9 Å². The molecule has 0 fully saturated rings. The first-order chi connectivity index (χ1) is 18.3. The summed E-state index contributed by atoms with van der Waals surface area (Å²) in [4.78, 5) is 3.97. The Hall–Kier alpha value is -1.95. The number of nitrogens with two attached hydrogens (primary N) is 1. The van der Waals surface area contributed by atoms with Gasteiger partial charge < -0.3 is 30.5 Å². The SMILES string of the molecule is NCc1ccccn1.[Cl-].[Cl-].[Ru+2].c1ccc(P(CCCP(c2ccccc2)c2ccccc2)c2ccccc2)cc1. The molecular weight excluding hydrogens is 658 g/mol. The van der Waals surface area contributed by atoms with E-state index in [0.717, 1.165) is 5.69 Å². The van der Waals surface area contributed by atoms with Crippen LogP contribution in [0.2, 0.25) is 0 Å². The van der Waals surface area contributed by atoms with Crippen molar-refractivity contribution in [1.29, 1.82) is 0 Å². The summed E-state index contributed by atoms with van der Waals surface area (Å²) in [6, 6.07) is 50.0. The van der Waals surface area contributed by atoms with E-state index in [9.17, 15) is 0 Å². The van der Waals surface area contributed by atoms with Crippen LogP contribution in [0.25, 0.3) is 0 Å². The van der Waals surface area contributed by atoms with E-state index in [-0.39, 0.29) is 60.1 Å². The quantitative estimate of drug-likeness (QED) is 0.177. The van der Waals surface area contributed by atoms with E-state index in [4.69, 9.17) is 5.73 Å². The average molecular weight is 693 g/mol. The Morgan fingerprint density at radius 2 is 0.800 bits per heavy atom. The van der Waals surface area contributed by atoms with Gasteiger partial charge in [0.25, 0.3) is 0 Å². The Labute approximate surface area is 267 Å². The van der Waals surface area contributed by atoms with Crippen molar-refractivity contribution in [3.05, 3.63) is 151 Å². The van der Waals surface area contributed by atoms with Crippen LogP contribution in [-0.2, 0) is 26.0 Å². The van der Waals surface area contributed by atoms with Gasteiger partial charge in [-0.2, -0.15) is 0 Å². The average Bonchev–Trinajstić information content (AvgIpc) is 3.00. The minimum atomic E-state index is -0.309. The Balaban J connectivity index is 0.000000632. The van der Waals surface area contributed by atoms with Gasteiger partial charge >= 0.3 is 19.5 Å². The van der Waals surface area contributed by atoms with Crippen molar-refractivity contribution in [2.45, 2.75) is 13.0 Å². The molecule has 0 radical (unpaired) electrons. The Kier molecular flexibility index (Phi) is 18.8. The molecule has 0 aliphatic carbocycles. The molecule has 0 saturated heterocycles. The summed E-state index contributed by atoms with van der Waals surface area (Å²) >= 11 is 0. The molecule has 0 bridgehead atoms. The molecule has 0 unspecified atom stereocenters. The smallest absolute Gasteiger partial charge is 1.00 e. The van der Waals surface area contributed by atoms with Gasteiger partial charge in [0, 0.05) is 12.7 Å². The topological polar surface area (TPSA) is 38.9 Å². The van der Waals surface area contributed by atoms with E-state index in [0.29, 0.717) is 6.54 Å². The summed E-state index contributed by atoms with van der Waals surface area (Å²) in [6.07, 6.45) is 5.46. The number of benzene rings is 4. The van der Waals surface area contributed by atoms with Crippen LogP contribution in [0.1, 0.15) is 12.1 Å². The summed E-state index contributed by atoms with van der Waals surface area (Å²) in [5, 5.41) is 5.94. The minimum absolute atomic E-state index is 0. The van der Waals surface area contributed by atoms with Crippen LogP contribution in [-0.4, -0.2) is 17.3 Å².